The van der Waals surface area contributed by atoms with E-state index in [2.05, 4.69) is 5.32 Å². The van der Waals surface area contributed by atoms with E-state index in [-0.39, 0.29) is 30.2 Å². The van der Waals surface area contributed by atoms with Gasteiger partial charge in [-0.1, -0.05) is 60.5 Å². The molecular weight excluding hydrogens is 439 g/mol. The van der Waals surface area contributed by atoms with Gasteiger partial charge in [0.25, 0.3) is 0 Å². The molecule has 0 spiro atoms. The molecule has 0 aromatic heterocycles. The highest BCUT2D eigenvalue weighted by atomic mass is 35.5. The molecule has 1 N–H and O–H groups in total. The first-order chi connectivity index (χ1) is 14.3. The molecule has 0 bridgehead atoms. The molecule has 162 valence electrons. The normalized spacial score (nSPS) is 12.8. The number of benzene rings is 2. The standard InChI is InChI=1S/C23H28Cl2N2O2S/c1-4-16(2)26-23(29)17(3)27(13-19-9-5-6-11-21(19)25)22(28)15-30-14-18-8-7-10-20(24)12-18/h5-12,16-17H,4,13-15H2,1-3H3,(H,26,29)/t16-,17-/m1/s1. The predicted octanol–water partition coefficient (Wildman–Crippen LogP) is 5.56. The summed E-state index contributed by atoms with van der Waals surface area (Å²) in [6, 6.07) is 14.4. The van der Waals surface area contributed by atoms with Crippen LogP contribution in [0, 0.1) is 0 Å². The SMILES string of the molecule is CC[C@@H](C)NC(=O)[C@@H](C)N(Cc1ccccc1Cl)C(=O)CSCc1cccc(Cl)c1. The first kappa shape index (κ1) is 24.6. The molecule has 0 aliphatic rings. The van der Waals surface area contributed by atoms with E-state index >= 15 is 0 Å². The molecule has 2 rings (SSSR count). The van der Waals surface area contributed by atoms with Crippen molar-refractivity contribution in [2.75, 3.05) is 5.75 Å². The van der Waals surface area contributed by atoms with Gasteiger partial charge in [-0.15, -0.1) is 11.8 Å². The van der Waals surface area contributed by atoms with E-state index < -0.39 is 6.04 Å². The lowest BCUT2D eigenvalue weighted by Crippen LogP contribution is -2.50. The van der Waals surface area contributed by atoms with Crippen LogP contribution in [0.1, 0.15) is 38.3 Å². The zero-order valence-corrected chi connectivity index (χ0v) is 19.9. The molecule has 2 amide bonds. The Bertz CT molecular complexity index is 863. The van der Waals surface area contributed by atoms with Crippen molar-refractivity contribution < 1.29 is 9.59 Å². The summed E-state index contributed by atoms with van der Waals surface area (Å²) in [7, 11) is 0. The number of thioether (sulfide) groups is 1. The molecule has 0 heterocycles. The van der Waals surface area contributed by atoms with Crippen LogP contribution in [0.15, 0.2) is 48.5 Å². The minimum absolute atomic E-state index is 0.0504. The maximum Gasteiger partial charge on any atom is 0.242 e. The van der Waals surface area contributed by atoms with Crippen molar-refractivity contribution in [2.45, 2.75) is 51.6 Å². The first-order valence-electron chi connectivity index (χ1n) is 9.97. The van der Waals surface area contributed by atoms with Gasteiger partial charge in [0.15, 0.2) is 0 Å². The molecule has 0 saturated carbocycles. The molecule has 0 aliphatic heterocycles. The van der Waals surface area contributed by atoms with E-state index in [0.29, 0.717) is 15.8 Å². The molecule has 4 nitrogen and oxygen atoms in total. The molecule has 0 aliphatic carbocycles. The number of hydrogen-bond acceptors (Lipinski definition) is 3. The summed E-state index contributed by atoms with van der Waals surface area (Å²) in [6.07, 6.45) is 0.826. The third kappa shape index (κ3) is 7.53. The van der Waals surface area contributed by atoms with E-state index in [4.69, 9.17) is 23.2 Å². The molecule has 0 radical (unpaired) electrons. The van der Waals surface area contributed by atoms with Gasteiger partial charge in [0.2, 0.25) is 11.8 Å². The fourth-order valence-corrected chi connectivity index (χ4v) is 4.09. The summed E-state index contributed by atoms with van der Waals surface area (Å²) in [5.41, 5.74) is 1.87. The highest BCUT2D eigenvalue weighted by Crippen LogP contribution is 2.21. The van der Waals surface area contributed by atoms with Gasteiger partial charge in [0.05, 0.1) is 5.75 Å². The van der Waals surface area contributed by atoms with Crippen molar-refractivity contribution in [1.82, 2.24) is 10.2 Å². The van der Waals surface area contributed by atoms with Crippen LogP contribution < -0.4 is 5.32 Å². The minimum atomic E-state index is -0.602. The second-order valence-corrected chi connectivity index (χ2v) is 9.06. The fraction of sp³-hybridized carbons (Fsp3) is 0.391. The number of halogens is 2. The molecule has 2 atom stereocenters. The fourth-order valence-electron chi connectivity index (χ4n) is 2.82. The third-order valence-electron chi connectivity index (χ3n) is 4.85. The van der Waals surface area contributed by atoms with Gasteiger partial charge < -0.3 is 10.2 Å². The van der Waals surface area contributed by atoms with Gasteiger partial charge in [-0.25, -0.2) is 0 Å². The number of carbonyl (C=O) groups excluding carboxylic acids is 2. The molecular formula is C23H28Cl2N2O2S. The summed E-state index contributed by atoms with van der Waals surface area (Å²) in [6.45, 7) is 6.00. The second kappa shape index (κ2) is 12.2. The van der Waals surface area contributed by atoms with Crippen LogP contribution >= 0.6 is 35.0 Å². The summed E-state index contributed by atoms with van der Waals surface area (Å²) < 4.78 is 0. The van der Waals surface area contributed by atoms with Crippen LogP contribution in [0.3, 0.4) is 0 Å². The third-order valence-corrected chi connectivity index (χ3v) is 6.44. The minimum Gasteiger partial charge on any atom is -0.352 e. The maximum atomic E-state index is 13.1. The Morgan fingerprint density at radius 3 is 2.50 bits per heavy atom. The molecule has 30 heavy (non-hydrogen) atoms. The van der Waals surface area contributed by atoms with Crippen LogP contribution in [0.25, 0.3) is 0 Å². The van der Waals surface area contributed by atoms with Gasteiger partial charge in [0.1, 0.15) is 6.04 Å². The van der Waals surface area contributed by atoms with Crippen molar-refractivity contribution in [3.8, 4) is 0 Å². The van der Waals surface area contributed by atoms with Gasteiger partial charge in [-0.05, 0) is 49.6 Å². The van der Waals surface area contributed by atoms with E-state index in [1.165, 1.54) is 11.8 Å². The highest BCUT2D eigenvalue weighted by Gasteiger charge is 2.27. The lowest BCUT2D eigenvalue weighted by atomic mass is 10.1. The average molecular weight is 467 g/mol. The number of nitrogens with zero attached hydrogens (tertiary/aromatic N) is 1. The van der Waals surface area contributed by atoms with Gasteiger partial charge in [-0.2, -0.15) is 0 Å². The summed E-state index contributed by atoms with van der Waals surface area (Å²) >= 11 is 13.8. The van der Waals surface area contributed by atoms with Crippen LogP contribution in [-0.2, 0) is 21.9 Å². The molecule has 0 fully saturated rings. The lowest BCUT2D eigenvalue weighted by Gasteiger charge is -2.30. The topological polar surface area (TPSA) is 49.4 Å². The summed E-state index contributed by atoms with van der Waals surface area (Å²) in [5, 5.41) is 4.22. The van der Waals surface area contributed by atoms with Crippen molar-refractivity contribution in [3.05, 3.63) is 69.7 Å². The van der Waals surface area contributed by atoms with Crippen molar-refractivity contribution in [3.63, 3.8) is 0 Å². The maximum absolute atomic E-state index is 13.1. The van der Waals surface area contributed by atoms with Crippen molar-refractivity contribution in [1.29, 1.82) is 0 Å². The Balaban J connectivity index is 2.09. The Hall–Kier alpha value is -1.69. The summed E-state index contributed by atoms with van der Waals surface area (Å²) in [5.74, 6) is 0.663. The van der Waals surface area contributed by atoms with E-state index in [1.54, 1.807) is 17.9 Å². The van der Waals surface area contributed by atoms with Gasteiger partial charge >= 0.3 is 0 Å². The van der Waals surface area contributed by atoms with Gasteiger partial charge in [0, 0.05) is 28.4 Å². The number of carbonyl (C=O) groups is 2. The second-order valence-electron chi connectivity index (χ2n) is 7.23. The zero-order chi connectivity index (χ0) is 22.1. The number of amides is 2. The molecule has 0 unspecified atom stereocenters. The zero-order valence-electron chi connectivity index (χ0n) is 17.5. The molecule has 2 aromatic carbocycles. The lowest BCUT2D eigenvalue weighted by molar-refractivity contribution is -0.138. The first-order valence-corrected chi connectivity index (χ1v) is 11.9. The van der Waals surface area contributed by atoms with Crippen LogP contribution in [0.4, 0.5) is 0 Å². The Labute approximate surface area is 193 Å². The average Bonchev–Trinajstić information content (AvgIpc) is 2.72. The Kier molecular flexibility index (Phi) is 10.0. The van der Waals surface area contributed by atoms with Crippen LogP contribution in [0.2, 0.25) is 10.0 Å². The molecule has 2 aromatic rings. The number of nitrogens with one attached hydrogen (secondary N) is 1. The van der Waals surface area contributed by atoms with Crippen LogP contribution in [-0.4, -0.2) is 34.6 Å². The van der Waals surface area contributed by atoms with Gasteiger partial charge in [-0.3, -0.25) is 9.59 Å². The Morgan fingerprint density at radius 2 is 1.83 bits per heavy atom. The smallest absolute Gasteiger partial charge is 0.242 e. The molecule has 7 heteroatoms. The van der Waals surface area contributed by atoms with E-state index in [9.17, 15) is 9.59 Å². The molecule has 0 saturated heterocycles. The van der Waals surface area contributed by atoms with E-state index in [1.807, 2.05) is 56.3 Å². The largest absolute Gasteiger partial charge is 0.352 e. The Morgan fingerprint density at radius 1 is 1.10 bits per heavy atom. The summed E-state index contributed by atoms with van der Waals surface area (Å²) in [4.78, 5) is 27.4. The predicted molar refractivity (Wildman–Crippen MR) is 127 cm³/mol. The number of rotatable bonds is 10. The van der Waals surface area contributed by atoms with Crippen molar-refractivity contribution in [2.24, 2.45) is 0 Å². The highest BCUT2D eigenvalue weighted by molar-refractivity contribution is 7.99. The number of hydrogen-bond donors (Lipinski definition) is 1. The van der Waals surface area contributed by atoms with E-state index in [0.717, 1.165) is 17.5 Å². The van der Waals surface area contributed by atoms with Crippen LogP contribution in [0.5, 0.6) is 0 Å². The monoisotopic (exact) mass is 466 g/mol. The quantitative estimate of drug-likeness (QED) is 0.498. The van der Waals surface area contributed by atoms with Crippen molar-refractivity contribution >= 4 is 46.8 Å².